The Labute approximate surface area is 70.2 Å². The fraction of sp³-hybridized carbons (Fsp3) is 0.143. The molecule has 1 nitrogen and oxygen atoms in total. The number of ether oxygens (including phenoxy) is 1. The van der Waals surface area contributed by atoms with Crippen molar-refractivity contribution < 1.29 is 7.60 Å². The van der Waals surface area contributed by atoms with Crippen molar-refractivity contribution in [1.29, 1.82) is 0 Å². The van der Waals surface area contributed by atoms with Crippen molar-refractivity contribution in [3.63, 3.8) is 0 Å². The zero-order chi connectivity index (χ0) is 7.40. The monoisotopic (exact) mass is 246 g/mol. The number of halogens is 1. The fourth-order valence-electron chi connectivity index (χ4n) is 0.682. The van der Waals surface area contributed by atoms with Crippen LogP contribution in [0.4, 0.5) is 2.87 Å². The molecule has 0 aromatic heterocycles. The van der Waals surface area contributed by atoms with Gasteiger partial charge in [-0.15, -0.1) is 0 Å². The molecule has 0 fully saturated rings. The number of hydrogen-bond donors (Lipinski definition) is 0. The average molecular weight is 245 g/mol. The van der Waals surface area contributed by atoms with Gasteiger partial charge in [-0.05, 0) is 0 Å². The molecule has 0 unspecified atom stereocenters. The van der Waals surface area contributed by atoms with Crippen LogP contribution in [-0.2, 0) is 0 Å². The predicted octanol–water partition coefficient (Wildman–Crippen LogP) is 0.909. The SMILES string of the molecule is COc1ccc[c]([Sn][F])c1. The van der Waals surface area contributed by atoms with Crippen LogP contribution >= 0.6 is 0 Å². The second-order valence-electron chi connectivity index (χ2n) is 1.83. The van der Waals surface area contributed by atoms with Crippen LogP contribution in [0.25, 0.3) is 0 Å². The van der Waals surface area contributed by atoms with Crippen LogP contribution in [0.5, 0.6) is 5.75 Å². The minimum absolute atomic E-state index is 0.746. The predicted molar refractivity (Wildman–Crippen MR) is 39.5 cm³/mol. The molecule has 1 aromatic rings. The number of benzene rings is 1. The van der Waals surface area contributed by atoms with Crippen LogP contribution in [0.15, 0.2) is 24.3 Å². The topological polar surface area (TPSA) is 9.23 Å². The van der Waals surface area contributed by atoms with Gasteiger partial charge < -0.3 is 0 Å². The molecule has 0 saturated heterocycles. The molecule has 2 radical (unpaired) electrons. The first-order valence-electron chi connectivity index (χ1n) is 2.87. The Morgan fingerprint density at radius 2 is 2.30 bits per heavy atom. The maximum absolute atomic E-state index is 12.2. The first-order chi connectivity index (χ1) is 4.86. The average Bonchev–Trinajstić information content (AvgIpc) is 2.05. The molecule has 0 amide bonds. The molecule has 52 valence electrons. The quantitative estimate of drug-likeness (QED) is 0.703. The van der Waals surface area contributed by atoms with Gasteiger partial charge in [0.25, 0.3) is 0 Å². The van der Waals surface area contributed by atoms with Gasteiger partial charge in [-0.1, -0.05) is 0 Å². The zero-order valence-electron chi connectivity index (χ0n) is 5.60. The third-order valence-electron chi connectivity index (χ3n) is 1.18. The standard InChI is InChI=1S/C7H7O.FH.Sn/c1-8-7-5-3-2-4-6-7;;/h2-3,5-6H,1H3;1H;/q;;+1/p-1. The van der Waals surface area contributed by atoms with Crippen LogP contribution in [0.3, 0.4) is 0 Å². The summed E-state index contributed by atoms with van der Waals surface area (Å²) in [6, 6.07) is 7.19. The van der Waals surface area contributed by atoms with E-state index in [1.807, 2.05) is 12.1 Å². The summed E-state index contributed by atoms with van der Waals surface area (Å²) in [6.07, 6.45) is 0. The molecule has 0 aliphatic heterocycles. The van der Waals surface area contributed by atoms with E-state index < -0.39 is 21.7 Å². The van der Waals surface area contributed by atoms with Crippen LogP contribution in [0, 0.1) is 0 Å². The molecule has 0 aliphatic rings. The van der Waals surface area contributed by atoms with Crippen LogP contribution in [0.1, 0.15) is 0 Å². The Hall–Kier alpha value is -0.251. The Bertz CT molecular complexity index is 195. The van der Waals surface area contributed by atoms with E-state index in [0.29, 0.717) is 0 Å². The molecular weight excluding hydrogens is 238 g/mol. The molecule has 0 bridgehead atoms. The van der Waals surface area contributed by atoms with Crippen molar-refractivity contribution >= 4 is 25.3 Å². The van der Waals surface area contributed by atoms with E-state index in [-0.39, 0.29) is 0 Å². The molecule has 0 aliphatic carbocycles. The van der Waals surface area contributed by atoms with E-state index in [4.69, 9.17) is 4.74 Å². The molecule has 3 heteroatoms. The number of methoxy groups -OCH3 is 1. The summed E-state index contributed by atoms with van der Waals surface area (Å²) < 4.78 is 17.9. The molecule has 0 N–H and O–H groups in total. The Balaban J connectivity index is 2.87. The van der Waals surface area contributed by atoms with Gasteiger partial charge >= 0.3 is 70.0 Å². The van der Waals surface area contributed by atoms with E-state index in [0.717, 1.165) is 9.33 Å². The van der Waals surface area contributed by atoms with Gasteiger partial charge in [-0.3, -0.25) is 0 Å². The second kappa shape index (κ2) is 3.81. The Kier molecular flexibility index (Phi) is 2.99. The van der Waals surface area contributed by atoms with E-state index in [1.165, 1.54) is 0 Å². The van der Waals surface area contributed by atoms with Crippen LogP contribution < -0.4 is 8.32 Å². The van der Waals surface area contributed by atoms with Crippen molar-refractivity contribution in [2.75, 3.05) is 7.11 Å². The Morgan fingerprint density at radius 3 is 2.90 bits per heavy atom. The molecule has 0 saturated carbocycles. The molecule has 10 heavy (non-hydrogen) atoms. The molecule has 1 aromatic carbocycles. The summed E-state index contributed by atoms with van der Waals surface area (Å²) in [5.41, 5.74) is 0. The normalized spacial score (nSPS) is 9.40. The summed E-state index contributed by atoms with van der Waals surface area (Å²) in [4.78, 5) is 0. The van der Waals surface area contributed by atoms with Gasteiger partial charge in [0.15, 0.2) is 0 Å². The number of hydrogen-bond acceptors (Lipinski definition) is 1. The summed E-state index contributed by atoms with van der Waals surface area (Å²) >= 11 is -1.76. The molecular formula is C7H7FOSn. The van der Waals surface area contributed by atoms with E-state index in [9.17, 15) is 2.87 Å². The molecule has 1 rings (SSSR count). The van der Waals surface area contributed by atoms with Gasteiger partial charge in [0, 0.05) is 0 Å². The fourth-order valence-corrected chi connectivity index (χ4v) is 1.70. The van der Waals surface area contributed by atoms with Gasteiger partial charge in [0.05, 0.1) is 0 Å². The molecule has 0 spiro atoms. The summed E-state index contributed by atoms with van der Waals surface area (Å²) in [6.45, 7) is 0. The van der Waals surface area contributed by atoms with Crippen molar-refractivity contribution in [2.45, 2.75) is 0 Å². The first-order valence-corrected chi connectivity index (χ1v) is 5.38. The van der Waals surface area contributed by atoms with E-state index in [2.05, 4.69) is 0 Å². The van der Waals surface area contributed by atoms with Gasteiger partial charge in [-0.25, -0.2) is 0 Å². The number of rotatable bonds is 2. The Morgan fingerprint density at radius 1 is 1.50 bits per heavy atom. The minimum atomic E-state index is -1.76. The summed E-state index contributed by atoms with van der Waals surface area (Å²) in [5, 5.41) is 0. The maximum atomic E-state index is 12.2. The van der Waals surface area contributed by atoms with Crippen molar-refractivity contribution in [1.82, 2.24) is 0 Å². The van der Waals surface area contributed by atoms with Crippen LogP contribution in [-0.4, -0.2) is 28.8 Å². The first kappa shape index (κ1) is 7.85. The van der Waals surface area contributed by atoms with Gasteiger partial charge in [0.2, 0.25) is 0 Å². The van der Waals surface area contributed by atoms with Crippen LogP contribution in [0.2, 0.25) is 0 Å². The van der Waals surface area contributed by atoms with Crippen molar-refractivity contribution in [3.05, 3.63) is 24.3 Å². The summed E-state index contributed by atoms with van der Waals surface area (Å²) in [5.74, 6) is 0.746. The van der Waals surface area contributed by atoms with Crippen molar-refractivity contribution in [3.8, 4) is 5.75 Å². The third kappa shape index (κ3) is 1.87. The van der Waals surface area contributed by atoms with Gasteiger partial charge in [-0.2, -0.15) is 0 Å². The van der Waals surface area contributed by atoms with E-state index >= 15 is 0 Å². The zero-order valence-corrected chi connectivity index (χ0v) is 8.45. The second-order valence-corrected chi connectivity index (χ2v) is 4.01. The van der Waals surface area contributed by atoms with E-state index in [1.54, 1.807) is 19.2 Å². The molecule has 0 heterocycles. The van der Waals surface area contributed by atoms with Crippen molar-refractivity contribution in [2.24, 2.45) is 0 Å². The molecule has 0 atom stereocenters. The summed E-state index contributed by atoms with van der Waals surface area (Å²) in [7, 11) is 1.59. The third-order valence-corrected chi connectivity index (χ3v) is 2.69. The van der Waals surface area contributed by atoms with Gasteiger partial charge in [0.1, 0.15) is 0 Å².